The molecule has 1 saturated heterocycles. The molecule has 2 aromatic rings. The van der Waals surface area contributed by atoms with E-state index >= 15 is 0 Å². The molecule has 28 heavy (non-hydrogen) atoms. The van der Waals surface area contributed by atoms with Gasteiger partial charge in [-0.15, -0.1) is 0 Å². The minimum atomic E-state index is -4.66. The van der Waals surface area contributed by atoms with Crippen LogP contribution in [-0.2, 0) is 13.2 Å². The predicted octanol–water partition coefficient (Wildman–Crippen LogP) is 1.63. The van der Waals surface area contributed by atoms with Crippen LogP contribution in [0.2, 0.25) is 0 Å². The molecule has 0 radical (unpaired) electrons. The van der Waals surface area contributed by atoms with Gasteiger partial charge in [-0.1, -0.05) is 0 Å². The van der Waals surface area contributed by atoms with Crippen LogP contribution in [0.25, 0.3) is 0 Å². The third kappa shape index (κ3) is 3.66. The highest BCUT2D eigenvalue weighted by Gasteiger charge is 2.36. The lowest BCUT2D eigenvalue weighted by Crippen LogP contribution is -2.56. The Kier molecular flexibility index (Phi) is 5.29. The zero-order valence-corrected chi connectivity index (χ0v) is 15.0. The molecule has 2 heterocycles. The Morgan fingerprint density at radius 1 is 1.36 bits per heavy atom. The molecule has 0 bridgehead atoms. The number of alkyl halides is 3. The Morgan fingerprint density at radius 3 is 2.68 bits per heavy atom. The van der Waals surface area contributed by atoms with Crippen molar-refractivity contribution < 1.29 is 23.1 Å². The molecular formula is C18H18F3N5O2. The molecule has 1 aliphatic rings. The molecule has 1 unspecified atom stereocenters. The number of aryl methyl sites for hydroxylation is 1. The van der Waals surface area contributed by atoms with Gasteiger partial charge in [-0.2, -0.15) is 23.5 Å². The Labute approximate surface area is 159 Å². The van der Waals surface area contributed by atoms with E-state index in [9.17, 15) is 23.1 Å². The van der Waals surface area contributed by atoms with Gasteiger partial charge in [0.1, 0.15) is 5.69 Å². The zero-order valence-electron chi connectivity index (χ0n) is 15.0. The van der Waals surface area contributed by atoms with E-state index < -0.39 is 23.3 Å². The molecule has 0 saturated carbocycles. The van der Waals surface area contributed by atoms with Gasteiger partial charge in [0.2, 0.25) is 0 Å². The summed E-state index contributed by atoms with van der Waals surface area (Å²) < 4.78 is 41.2. The number of aliphatic hydroxyl groups is 1. The van der Waals surface area contributed by atoms with Crippen molar-refractivity contribution in [2.75, 3.05) is 31.1 Å². The summed E-state index contributed by atoms with van der Waals surface area (Å²) >= 11 is 0. The predicted molar refractivity (Wildman–Crippen MR) is 93.5 cm³/mol. The molecule has 1 atom stereocenters. The van der Waals surface area contributed by atoms with Gasteiger partial charge in [-0.05, 0) is 24.3 Å². The summed E-state index contributed by atoms with van der Waals surface area (Å²) in [5.74, 6) is -0.256. The van der Waals surface area contributed by atoms with Crippen LogP contribution in [0.1, 0.15) is 21.6 Å². The monoisotopic (exact) mass is 393 g/mol. The number of carbonyl (C=O) groups excluding carboxylic acids is 1. The lowest BCUT2D eigenvalue weighted by atomic mass is 10.0. The molecule has 1 amide bonds. The summed E-state index contributed by atoms with van der Waals surface area (Å²) in [6, 6.07) is 6.03. The molecule has 0 aliphatic carbocycles. The van der Waals surface area contributed by atoms with Crippen molar-refractivity contribution >= 4 is 11.6 Å². The van der Waals surface area contributed by atoms with E-state index in [1.54, 1.807) is 29.0 Å². The van der Waals surface area contributed by atoms with Gasteiger partial charge in [-0.25, -0.2) is 0 Å². The number of aromatic nitrogens is 2. The summed E-state index contributed by atoms with van der Waals surface area (Å²) in [7, 11) is 1.64. The highest BCUT2D eigenvalue weighted by atomic mass is 19.4. The van der Waals surface area contributed by atoms with E-state index in [1.165, 1.54) is 16.9 Å². The summed E-state index contributed by atoms with van der Waals surface area (Å²) in [6.45, 7) is 0.346. The maximum Gasteiger partial charge on any atom is 0.417 e. The number of carbonyl (C=O) groups is 1. The largest absolute Gasteiger partial charge is 0.417 e. The van der Waals surface area contributed by atoms with Crippen molar-refractivity contribution in [3.8, 4) is 6.07 Å². The number of hydrogen-bond donors (Lipinski definition) is 1. The highest BCUT2D eigenvalue weighted by Crippen LogP contribution is 2.35. The number of aliphatic hydroxyl groups excluding tert-OH is 1. The first-order valence-electron chi connectivity index (χ1n) is 8.52. The number of hydrogen-bond acceptors (Lipinski definition) is 5. The molecule has 3 rings (SSSR count). The summed E-state index contributed by atoms with van der Waals surface area (Å²) in [4.78, 5) is 15.8. The van der Waals surface area contributed by atoms with Crippen LogP contribution < -0.4 is 4.90 Å². The molecule has 1 N–H and O–H groups in total. The van der Waals surface area contributed by atoms with Crippen LogP contribution in [0.4, 0.5) is 18.9 Å². The third-order valence-corrected chi connectivity index (χ3v) is 4.78. The molecule has 148 valence electrons. The van der Waals surface area contributed by atoms with Crippen molar-refractivity contribution in [1.82, 2.24) is 14.7 Å². The maximum absolute atomic E-state index is 13.2. The number of amides is 1. The highest BCUT2D eigenvalue weighted by molar-refractivity contribution is 5.92. The minimum Gasteiger partial charge on any atom is -0.394 e. The SMILES string of the molecule is Cn1nccc1C(=O)N1CCN(c2ccc(C#N)c(C(F)(F)F)c2)C(CO)C1. The zero-order chi connectivity index (χ0) is 20.5. The number of nitriles is 1. The summed E-state index contributed by atoms with van der Waals surface area (Å²) in [6.07, 6.45) is -3.16. The Morgan fingerprint density at radius 2 is 2.11 bits per heavy atom. The molecule has 1 aromatic carbocycles. The van der Waals surface area contributed by atoms with Crippen molar-refractivity contribution in [3.63, 3.8) is 0 Å². The lowest BCUT2D eigenvalue weighted by molar-refractivity contribution is -0.137. The van der Waals surface area contributed by atoms with E-state index in [2.05, 4.69) is 5.10 Å². The fourth-order valence-electron chi connectivity index (χ4n) is 3.32. The summed E-state index contributed by atoms with van der Waals surface area (Å²) in [5.41, 5.74) is -0.833. The molecular weight excluding hydrogens is 375 g/mol. The number of nitrogens with zero attached hydrogens (tertiary/aromatic N) is 5. The summed E-state index contributed by atoms with van der Waals surface area (Å²) in [5, 5.41) is 22.7. The number of rotatable bonds is 3. The second-order valence-electron chi connectivity index (χ2n) is 6.46. The van der Waals surface area contributed by atoms with Gasteiger partial charge in [-0.3, -0.25) is 9.48 Å². The van der Waals surface area contributed by atoms with E-state index in [0.717, 1.165) is 12.1 Å². The average Bonchev–Trinajstić information content (AvgIpc) is 3.11. The first kappa shape index (κ1) is 19.7. The Hall–Kier alpha value is -3.06. The molecule has 7 nitrogen and oxygen atoms in total. The van der Waals surface area contributed by atoms with Crippen molar-refractivity contribution in [2.45, 2.75) is 12.2 Å². The first-order valence-corrected chi connectivity index (χ1v) is 8.52. The smallest absolute Gasteiger partial charge is 0.394 e. The molecule has 10 heteroatoms. The third-order valence-electron chi connectivity index (χ3n) is 4.78. The molecule has 1 aromatic heterocycles. The van der Waals surface area contributed by atoms with Gasteiger partial charge in [0.05, 0.1) is 29.8 Å². The first-order chi connectivity index (χ1) is 13.3. The fourth-order valence-corrected chi connectivity index (χ4v) is 3.32. The Bertz CT molecular complexity index is 919. The van der Waals surface area contributed by atoms with Gasteiger partial charge < -0.3 is 14.9 Å². The molecule has 0 spiro atoms. The second-order valence-corrected chi connectivity index (χ2v) is 6.46. The minimum absolute atomic E-state index is 0.155. The standard InChI is InChI=1S/C18H18F3N5O2/c1-24-16(4-5-23-24)17(28)25-6-7-26(14(10-25)11-27)13-3-2-12(9-22)15(8-13)18(19,20)21/h2-5,8,14,27H,6-7,10-11H2,1H3. The number of piperazine rings is 1. The van der Waals surface area contributed by atoms with E-state index in [0.29, 0.717) is 5.69 Å². The molecule has 1 fully saturated rings. The fraction of sp³-hybridized carbons (Fsp3) is 0.389. The van der Waals surface area contributed by atoms with Gasteiger partial charge in [0, 0.05) is 38.6 Å². The second kappa shape index (κ2) is 7.52. The van der Waals surface area contributed by atoms with Gasteiger partial charge in [0.15, 0.2) is 0 Å². The van der Waals surface area contributed by atoms with Crippen LogP contribution in [0.3, 0.4) is 0 Å². The van der Waals surface area contributed by atoms with Crippen LogP contribution >= 0.6 is 0 Å². The van der Waals surface area contributed by atoms with Gasteiger partial charge in [0.25, 0.3) is 5.91 Å². The quantitative estimate of drug-likeness (QED) is 0.857. The van der Waals surface area contributed by atoms with Crippen LogP contribution in [0.5, 0.6) is 0 Å². The van der Waals surface area contributed by atoms with Crippen LogP contribution in [0, 0.1) is 11.3 Å². The maximum atomic E-state index is 13.2. The Balaban J connectivity index is 1.85. The topological polar surface area (TPSA) is 85.4 Å². The number of benzene rings is 1. The number of halogens is 3. The average molecular weight is 393 g/mol. The lowest BCUT2D eigenvalue weighted by Gasteiger charge is -2.42. The number of anilines is 1. The van der Waals surface area contributed by atoms with E-state index in [1.807, 2.05) is 0 Å². The van der Waals surface area contributed by atoms with Gasteiger partial charge >= 0.3 is 6.18 Å². The van der Waals surface area contributed by atoms with Crippen LogP contribution in [-0.4, -0.2) is 58.0 Å². The molecule has 1 aliphatic heterocycles. The normalized spacial score (nSPS) is 17.5. The van der Waals surface area contributed by atoms with E-state index in [-0.39, 0.29) is 37.8 Å². The van der Waals surface area contributed by atoms with Crippen molar-refractivity contribution in [1.29, 1.82) is 5.26 Å². The van der Waals surface area contributed by atoms with Crippen molar-refractivity contribution in [3.05, 3.63) is 47.3 Å². The van der Waals surface area contributed by atoms with Crippen molar-refractivity contribution in [2.24, 2.45) is 7.05 Å². The van der Waals surface area contributed by atoms with Crippen LogP contribution in [0.15, 0.2) is 30.5 Å². The van der Waals surface area contributed by atoms with E-state index in [4.69, 9.17) is 5.26 Å².